The summed E-state index contributed by atoms with van der Waals surface area (Å²) in [7, 11) is -8.81. The topological polar surface area (TPSA) is 134 Å². The van der Waals surface area contributed by atoms with Gasteiger partial charge in [-0.25, -0.2) is 9.13 Å². The van der Waals surface area contributed by atoms with Gasteiger partial charge in [-0.2, -0.15) is 4.31 Å². The van der Waals surface area contributed by atoms with Crippen LogP contribution in [0.4, 0.5) is 0 Å². The van der Waals surface area contributed by atoms with E-state index in [1.165, 1.54) is 6.92 Å². The van der Waals surface area contributed by atoms with E-state index < -0.39 is 21.2 Å². The molecular weight excluding hydrogens is 302 g/mol. The Morgan fingerprint density at radius 3 is 1.73 bits per heavy atom. The van der Waals surface area contributed by atoms with Gasteiger partial charge in [0.25, 0.3) is 0 Å². The molecule has 0 fully saturated rings. The van der Waals surface area contributed by atoms with E-state index >= 15 is 0 Å². The molecule has 92 valence electrons. The van der Waals surface area contributed by atoms with E-state index in [-0.39, 0.29) is 37.7 Å². The third-order valence-electron chi connectivity index (χ3n) is 0.488. The fourth-order valence-corrected chi connectivity index (χ4v) is 2.24. The van der Waals surface area contributed by atoms with E-state index in [9.17, 15) is 9.13 Å². The molecule has 0 amide bonds. The van der Waals surface area contributed by atoms with Crippen LogP contribution in [0.1, 0.15) is 6.92 Å². The number of phosphoric acid groups is 2. The number of hydrogen-bond donors (Lipinski definition) is 4. The first-order chi connectivity index (χ1) is 6.12. The Bertz CT molecular complexity index is 240. The first-order valence-corrected chi connectivity index (χ1v) is 6.45. The van der Waals surface area contributed by atoms with E-state index in [4.69, 9.17) is 31.4 Å². The number of rotatable bonds is 4. The molecule has 0 aliphatic heterocycles. The molecule has 0 rings (SSSR count). The van der Waals surface area contributed by atoms with E-state index in [2.05, 4.69) is 8.83 Å². The first-order valence-electron chi connectivity index (χ1n) is 2.99. The summed E-state index contributed by atoms with van der Waals surface area (Å²) in [6.07, 6.45) is 0. The Morgan fingerprint density at radius 1 is 1.20 bits per heavy atom. The zero-order valence-corrected chi connectivity index (χ0v) is 9.82. The maximum absolute atomic E-state index is 10.6. The molecule has 0 aromatic heterocycles. The van der Waals surface area contributed by atoms with Crippen LogP contribution < -0.4 is 0 Å². The summed E-state index contributed by atoms with van der Waals surface area (Å²) in [6.45, 7) is 1.19. The van der Waals surface area contributed by atoms with E-state index in [0.29, 0.717) is 0 Å². The number of aliphatic hydroxyl groups excluding tert-OH is 1. The van der Waals surface area contributed by atoms with Crippen molar-refractivity contribution >= 4 is 65.0 Å². The fraction of sp³-hybridized carbons (Fsp3) is 1.00. The molecule has 0 aliphatic carbocycles. The van der Waals surface area contributed by atoms with Crippen molar-refractivity contribution in [3.8, 4) is 0 Å². The summed E-state index contributed by atoms with van der Waals surface area (Å²) in [4.78, 5) is 24.8. The van der Waals surface area contributed by atoms with Gasteiger partial charge in [0.2, 0.25) is 0 Å². The fourth-order valence-electron chi connectivity index (χ4n) is 0.337. The van der Waals surface area contributed by atoms with Crippen LogP contribution in [0.2, 0.25) is 0 Å². The average molecular weight is 315 g/mol. The average Bonchev–Trinajstić information content (AvgIpc) is 1.82. The van der Waals surface area contributed by atoms with Gasteiger partial charge in [0.15, 0.2) is 0 Å². The minimum atomic E-state index is -5.04. The quantitative estimate of drug-likeness (QED) is 0.310. The van der Waals surface area contributed by atoms with Crippen molar-refractivity contribution in [2.75, 3.05) is 7.11 Å². The standard InChI is InChI=1S/C2H7ClO7P2.CH4O.Ca.2H/c1-2(3)9-12(7,8)10-11(4,5)6;1-2;;;/h2H,1H3,(H,7,8)(H2,4,5,6);2H,1H3;;;. The summed E-state index contributed by atoms with van der Waals surface area (Å²) in [5, 5.41) is 7.00. The molecule has 2 unspecified atom stereocenters. The van der Waals surface area contributed by atoms with Crippen LogP contribution in [0.15, 0.2) is 0 Å². The molecule has 2 atom stereocenters. The number of alkyl halides is 1. The second-order valence-corrected chi connectivity index (χ2v) is 5.09. The molecule has 0 bridgehead atoms. The molecule has 0 heterocycles. The van der Waals surface area contributed by atoms with Crippen LogP contribution in [0.3, 0.4) is 0 Å². The Morgan fingerprint density at radius 2 is 1.53 bits per heavy atom. The zero-order valence-electron chi connectivity index (χ0n) is 7.27. The van der Waals surface area contributed by atoms with Crippen LogP contribution in [0.5, 0.6) is 0 Å². The number of aliphatic hydroxyl groups is 1. The minimum absolute atomic E-state index is 0. The first kappa shape index (κ1) is 22.0. The molecular formula is C3H13CaClO8P2. The monoisotopic (exact) mass is 314 g/mol. The van der Waals surface area contributed by atoms with Crippen molar-refractivity contribution in [1.29, 1.82) is 0 Å². The summed E-state index contributed by atoms with van der Waals surface area (Å²) >= 11 is 5.10. The Kier molecular flexibility index (Phi) is 14.3. The summed E-state index contributed by atoms with van der Waals surface area (Å²) in [5.74, 6) is 0. The molecule has 15 heavy (non-hydrogen) atoms. The normalized spacial score (nSPS) is 16.5. The summed E-state index contributed by atoms with van der Waals surface area (Å²) < 4.78 is 28.0. The van der Waals surface area contributed by atoms with Crippen molar-refractivity contribution in [1.82, 2.24) is 0 Å². The van der Waals surface area contributed by atoms with Gasteiger partial charge >= 0.3 is 53.4 Å². The molecule has 0 saturated heterocycles. The Labute approximate surface area is 121 Å². The van der Waals surface area contributed by atoms with Crippen molar-refractivity contribution < 1.29 is 37.8 Å². The maximum atomic E-state index is 10.6. The number of hydrogen-bond acceptors (Lipinski definition) is 5. The second-order valence-electron chi connectivity index (χ2n) is 1.69. The molecule has 0 radical (unpaired) electrons. The van der Waals surface area contributed by atoms with Gasteiger partial charge in [0.1, 0.15) is 5.56 Å². The molecule has 4 N–H and O–H groups in total. The molecule has 0 aliphatic rings. The van der Waals surface area contributed by atoms with Crippen molar-refractivity contribution in [3.63, 3.8) is 0 Å². The van der Waals surface area contributed by atoms with Crippen LogP contribution in [-0.4, -0.2) is 70.2 Å². The van der Waals surface area contributed by atoms with Gasteiger partial charge in [-0.1, -0.05) is 11.6 Å². The molecule has 12 heteroatoms. The van der Waals surface area contributed by atoms with Crippen LogP contribution in [0.25, 0.3) is 0 Å². The van der Waals surface area contributed by atoms with Gasteiger partial charge in [-0.05, 0) is 6.92 Å². The van der Waals surface area contributed by atoms with Crippen LogP contribution in [0, 0.1) is 0 Å². The van der Waals surface area contributed by atoms with Gasteiger partial charge in [0, 0.05) is 7.11 Å². The number of phosphoric ester groups is 1. The van der Waals surface area contributed by atoms with E-state index in [1.807, 2.05) is 0 Å². The van der Waals surface area contributed by atoms with Gasteiger partial charge in [0.05, 0.1) is 0 Å². The molecule has 0 spiro atoms. The zero-order chi connectivity index (χ0) is 12.0. The van der Waals surface area contributed by atoms with Crippen molar-refractivity contribution in [2.45, 2.75) is 12.5 Å². The van der Waals surface area contributed by atoms with Gasteiger partial charge in [-0.3, -0.25) is 4.52 Å². The molecule has 0 aromatic rings. The van der Waals surface area contributed by atoms with Crippen molar-refractivity contribution in [3.05, 3.63) is 0 Å². The third kappa shape index (κ3) is 18.3. The van der Waals surface area contributed by atoms with Crippen LogP contribution >= 0.6 is 27.2 Å². The van der Waals surface area contributed by atoms with Gasteiger partial charge < -0.3 is 19.8 Å². The number of halogens is 1. The second kappa shape index (κ2) is 9.76. The SMILES string of the molecule is CC(Cl)OP(=O)(O)OP(=O)(O)O.CO.[CaH2]. The Balaban J connectivity index is -0.000000449. The molecule has 0 saturated carbocycles. The Hall–Kier alpha value is 1.77. The molecule has 8 nitrogen and oxygen atoms in total. The summed E-state index contributed by atoms with van der Waals surface area (Å²) in [5.41, 5.74) is -1.19. The van der Waals surface area contributed by atoms with E-state index in [0.717, 1.165) is 7.11 Å². The van der Waals surface area contributed by atoms with Crippen molar-refractivity contribution in [2.24, 2.45) is 0 Å². The van der Waals surface area contributed by atoms with Gasteiger partial charge in [-0.15, -0.1) is 0 Å². The third-order valence-corrected chi connectivity index (χ3v) is 2.96. The molecule has 0 aromatic carbocycles. The summed E-state index contributed by atoms with van der Waals surface area (Å²) in [6, 6.07) is 0. The predicted octanol–water partition coefficient (Wildman–Crippen LogP) is -0.510. The van der Waals surface area contributed by atoms with Crippen LogP contribution in [-0.2, 0) is 18.0 Å². The predicted molar refractivity (Wildman–Crippen MR) is 56.0 cm³/mol. The van der Waals surface area contributed by atoms with E-state index in [1.54, 1.807) is 0 Å².